The number of halogens is 1. The van der Waals surface area contributed by atoms with Crippen molar-refractivity contribution in [1.29, 1.82) is 0 Å². The molecule has 0 saturated heterocycles. The summed E-state index contributed by atoms with van der Waals surface area (Å²) in [5, 5.41) is 5.53. The van der Waals surface area contributed by atoms with Crippen LogP contribution in [0.2, 0.25) is 0 Å². The molecule has 1 unspecified atom stereocenters. The number of rotatable bonds is 4. The van der Waals surface area contributed by atoms with Crippen molar-refractivity contribution < 1.29 is 4.42 Å². The molecule has 2 heterocycles. The molecular formula is C12H14BrNOS. The van der Waals surface area contributed by atoms with Crippen molar-refractivity contribution in [3.8, 4) is 0 Å². The number of hydrogen-bond donors (Lipinski definition) is 1. The van der Waals surface area contributed by atoms with Gasteiger partial charge in [0, 0.05) is 21.3 Å². The maximum absolute atomic E-state index is 5.57. The molecule has 2 rings (SSSR count). The number of nitrogens with one attached hydrogen (secondary N) is 1. The van der Waals surface area contributed by atoms with Gasteiger partial charge in [-0.15, -0.1) is 11.3 Å². The Labute approximate surface area is 108 Å². The zero-order valence-corrected chi connectivity index (χ0v) is 11.7. The zero-order chi connectivity index (χ0) is 11.5. The minimum Gasteiger partial charge on any atom is -0.465 e. The Morgan fingerprint density at radius 2 is 2.31 bits per heavy atom. The van der Waals surface area contributed by atoms with Crippen molar-refractivity contribution in [2.45, 2.75) is 26.4 Å². The van der Waals surface area contributed by atoms with E-state index in [4.69, 9.17) is 4.42 Å². The van der Waals surface area contributed by atoms with E-state index in [0.717, 1.165) is 22.5 Å². The van der Waals surface area contributed by atoms with Crippen molar-refractivity contribution in [3.63, 3.8) is 0 Å². The number of hydrogen-bond acceptors (Lipinski definition) is 3. The third-order valence-corrected chi connectivity index (χ3v) is 4.09. The summed E-state index contributed by atoms with van der Waals surface area (Å²) in [7, 11) is 0. The third kappa shape index (κ3) is 2.97. The first-order valence-electron chi connectivity index (χ1n) is 5.18. The van der Waals surface area contributed by atoms with Crippen LogP contribution in [-0.4, -0.2) is 0 Å². The molecule has 16 heavy (non-hydrogen) atoms. The first-order valence-corrected chi connectivity index (χ1v) is 6.85. The minimum absolute atomic E-state index is 0.245. The lowest BCUT2D eigenvalue weighted by Gasteiger charge is -2.09. The molecular weight excluding hydrogens is 286 g/mol. The normalized spacial score (nSPS) is 12.9. The Bertz CT molecular complexity index is 463. The Balaban J connectivity index is 1.91. The second kappa shape index (κ2) is 5.17. The molecule has 0 aromatic carbocycles. The van der Waals surface area contributed by atoms with Crippen molar-refractivity contribution in [2.75, 3.05) is 0 Å². The third-order valence-electron chi connectivity index (χ3n) is 2.39. The van der Waals surface area contributed by atoms with Gasteiger partial charge in [-0.25, -0.2) is 0 Å². The second-order valence-corrected chi connectivity index (χ2v) is 5.69. The average molecular weight is 300 g/mol. The van der Waals surface area contributed by atoms with Gasteiger partial charge in [0.05, 0.1) is 6.04 Å². The summed E-state index contributed by atoms with van der Waals surface area (Å²) in [5.74, 6) is 1.95. The van der Waals surface area contributed by atoms with Gasteiger partial charge in [0.2, 0.25) is 0 Å². The predicted octanol–water partition coefficient (Wildman–Crippen LogP) is 4.26. The average Bonchev–Trinajstić information content (AvgIpc) is 2.84. The molecule has 0 spiro atoms. The van der Waals surface area contributed by atoms with Crippen LogP contribution < -0.4 is 5.32 Å². The van der Waals surface area contributed by atoms with Crippen molar-refractivity contribution in [1.82, 2.24) is 5.32 Å². The summed E-state index contributed by atoms with van der Waals surface area (Å²) in [6.45, 7) is 4.95. The van der Waals surface area contributed by atoms with Crippen LogP contribution in [-0.2, 0) is 6.54 Å². The Hall–Kier alpha value is -0.580. The molecule has 2 aromatic rings. The lowest BCUT2D eigenvalue weighted by atomic mass is 10.2. The number of furan rings is 1. The first-order chi connectivity index (χ1) is 7.65. The molecule has 0 saturated carbocycles. The van der Waals surface area contributed by atoms with Gasteiger partial charge in [0.1, 0.15) is 11.5 Å². The summed E-state index contributed by atoms with van der Waals surface area (Å²) in [5.41, 5.74) is 0. The van der Waals surface area contributed by atoms with Gasteiger partial charge >= 0.3 is 0 Å². The van der Waals surface area contributed by atoms with Gasteiger partial charge < -0.3 is 9.73 Å². The molecule has 0 radical (unpaired) electrons. The quantitative estimate of drug-likeness (QED) is 0.912. The van der Waals surface area contributed by atoms with E-state index in [1.807, 2.05) is 19.1 Å². The first kappa shape index (κ1) is 11.9. The molecule has 1 N–H and O–H groups in total. The van der Waals surface area contributed by atoms with E-state index in [9.17, 15) is 0 Å². The molecule has 4 heteroatoms. The minimum atomic E-state index is 0.245. The predicted molar refractivity (Wildman–Crippen MR) is 70.7 cm³/mol. The molecule has 0 fully saturated rings. The summed E-state index contributed by atoms with van der Waals surface area (Å²) in [6, 6.07) is 6.40. The monoisotopic (exact) mass is 299 g/mol. The van der Waals surface area contributed by atoms with Gasteiger partial charge in [0.15, 0.2) is 0 Å². The van der Waals surface area contributed by atoms with Crippen molar-refractivity contribution >= 4 is 27.3 Å². The molecule has 1 atom stereocenters. The van der Waals surface area contributed by atoms with Crippen LogP contribution in [0.15, 0.2) is 32.5 Å². The van der Waals surface area contributed by atoms with E-state index < -0.39 is 0 Å². The Morgan fingerprint density at radius 3 is 2.88 bits per heavy atom. The van der Waals surface area contributed by atoms with Crippen LogP contribution in [0.1, 0.15) is 29.4 Å². The molecule has 86 valence electrons. The fraction of sp³-hybridized carbons (Fsp3) is 0.333. The zero-order valence-electron chi connectivity index (χ0n) is 9.29. The van der Waals surface area contributed by atoms with Gasteiger partial charge in [-0.2, -0.15) is 0 Å². The van der Waals surface area contributed by atoms with E-state index in [1.165, 1.54) is 4.88 Å². The number of thiophene rings is 1. The SMILES string of the molecule is Cc1ccc(C(C)NCc2cc(Br)cs2)o1. The number of aryl methyl sites for hydroxylation is 1. The van der Waals surface area contributed by atoms with Crippen LogP contribution >= 0.6 is 27.3 Å². The summed E-state index contributed by atoms with van der Waals surface area (Å²) >= 11 is 5.20. The van der Waals surface area contributed by atoms with Crippen LogP contribution in [0.25, 0.3) is 0 Å². The largest absolute Gasteiger partial charge is 0.465 e. The van der Waals surface area contributed by atoms with E-state index >= 15 is 0 Å². The summed E-state index contributed by atoms with van der Waals surface area (Å²) < 4.78 is 6.72. The van der Waals surface area contributed by atoms with E-state index in [2.05, 4.69) is 39.6 Å². The summed E-state index contributed by atoms with van der Waals surface area (Å²) in [6.07, 6.45) is 0. The molecule has 2 aromatic heterocycles. The fourth-order valence-electron chi connectivity index (χ4n) is 1.49. The van der Waals surface area contributed by atoms with Crippen LogP contribution in [0.4, 0.5) is 0 Å². The van der Waals surface area contributed by atoms with Gasteiger partial charge in [0.25, 0.3) is 0 Å². The highest BCUT2D eigenvalue weighted by Crippen LogP contribution is 2.21. The van der Waals surface area contributed by atoms with E-state index in [1.54, 1.807) is 11.3 Å². The topological polar surface area (TPSA) is 25.2 Å². The van der Waals surface area contributed by atoms with E-state index in [0.29, 0.717) is 0 Å². The Morgan fingerprint density at radius 1 is 1.50 bits per heavy atom. The standard InChI is InChI=1S/C12H14BrNOS/c1-8-3-4-12(15-8)9(2)14-6-11-5-10(13)7-16-11/h3-5,7,9,14H,6H2,1-2H3. The highest BCUT2D eigenvalue weighted by atomic mass is 79.9. The maximum atomic E-state index is 5.57. The highest BCUT2D eigenvalue weighted by Gasteiger charge is 2.09. The van der Waals surface area contributed by atoms with Gasteiger partial charge in [-0.05, 0) is 48.0 Å². The molecule has 0 bridgehead atoms. The molecule has 0 aliphatic rings. The van der Waals surface area contributed by atoms with Crippen molar-refractivity contribution in [2.24, 2.45) is 0 Å². The van der Waals surface area contributed by atoms with Crippen molar-refractivity contribution in [3.05, 3.63) is 44.4 Å². The molecule has 0 amide bonds. The summed E-state index contributed by atoms with van der Waals surface area (Å²) in [4.78, 5) is 1.32. The van der Waals surface area contributed by atoms with Crippen LogP contribution in [0.3, 0.4) is 0 Å². The van der Waals surface area contributed by atoms with Crippen LogP contribution in [0.5, 0.6) is 0 Å². The molecule has 0 aliphatic carbocycles. The second-order valence-electron chi connectivity index (χ2n) is 3.78. The molecule has 2 nitrogen and oxygen atoms in total. The lowest BCUT2D eigenvalue weighted by molar-refractivity contribution is 0.416. The fourth-order valence-corrected chi connectivity index (χ4v) is 2.89. The maximum Gasteiger partial charge on any atom is 0.120 e. The molecule has 0 aliphatic heterocycles. The lowest BCUT2D eigenvalue weighted by Crippen LogP contribution is -2.16. The van der Waals surface area contributed by atoms with Gasteiger partial charge in [-0.3, -0.25) is 0 Å². The van der Waals surface area contributed by atoms with Gasteiger partial charge in [-0.1, -0.05) is 0 Å². The highest BCUT2D eigenvalue weighted by molar-refractivity contribution is 9.10. The Kier molecular flexibility index (Phi) is 3.84. The smallest absolute Gasteiger partial charge is 0.120 e. The van der Waals surface area contributed by atoms with Crippen LogP contribution in [0, 0.1) is 6.92 Å². The van der Waals surface area contributed by atoms with E-state index in [-0.39, 0.29) is 6.04 Å².